The monoisotopic (exact) mass is 246 g/mol. The fraction of sp³-hybridized carbons (Fsp3) is 0.308. The highest BCUT2D eigenvalue weighted by Crippen LogP contribution is 2.25. The Labute approximate surface area is 104 Å². The van der Waals surface area contributed by atoms with Crippen molar-refractivity contribution >= 4 is 27.3 Å². The minimum Gasteiger partial charge on any atom is -0.354 e. The minimum absolute atomic E-state index is 0.151. The first-order valence-electron chi connectivity index (χ1n) is 5.78. The zero-order valence-electron chi connectivity index (χ0n) is 9.40. The summed E-state index contributed by atoms with van der Waals surface area (Å²) in [7, 11) is 0. The third-order valence-corrected chi connectivity index (χ3v) is 4.13. The summed E-state index contributed by atoms with van der Waals surface area (Å²) in [6, 6.07) is 8.71. The van der Waals surface area contributed by atoms with E-state index in [1.165, 1.54) is 15.6 Å². The lowest BCUT2D eigenvalue weighted by atomic mass is 10.1. The maximum Gasteiger partial charge on any atom is 0.221 e. The van der Waals surface area contributed by atoms with Gasteiger partial charge in [0.1, 0.15) is 0 Å². The normalized spacial score (nSPS) is 19.8. The summed E-state index contributed by atoms with van der Waals surface area (Å²) in [6.45, 7) is 1.59. The Bertz CT molecular complexity index is 549. The van der Waals surface area contributed by atoms with Crippen LogP contribution in [0.5, 0.6) is 0 Å². The van der Waals surface area contributed by atoms with Crippen molar-refractivity contribution in [3.05, 3.63) is 35.2 Å². The molecule has 88 valence electrons. The summed E-state index contributed by atoms with van der Waals surface area (Å²) in [6.07, 6.45) is 0.599. The molecule has 1 aromatic heterocycles. The molecule has 3 nitrogen and oxygen atoms in total. The Kier molecular flexibility index (Phi) is 2.82. The second kappa shape index (κ2) is 4.47. The largest absolute Gasteiger partial charge is 0.354 e. The first-order chi connectivity index (χ1) is 8.33. The topological polar surface area (TPSA) is 41.1 Å². The molecule has 0 aliphatic carbocycles. The van der Waals surface area contributed by atoms with Crippen molar-refractivity contribution < 1.29 is 4.79 Å². The molecule has 0 radical (unpaired) electrons. The van der Waals surface area contributed by atoms with Crippen molar-refractivity contribution in [2.45, 2.75) is 19.0 Å². The van der Waals surface area contributed by atoms with Gasteiger partial charge in [-0.25, -0.2) is 0 Å². The van der Waals surface area contributed by atoms with Crippen LogP contribution in [0.3, 0.4) is 0 Å². The van der Waals surface area contributed by atoms with E-state index in [0.717, 1.165) is 13.1 Å². The van der Waals surface area contributed by atoms with Crippen LogP contribution < -0.4 is 10.6 Å². The van der Waals surface area contributed by atoms with Crippen LogP contribution in [0, 0.1) is 0 Å². The number of carbonyl (C=O) groups excluding carboxylic acids is 1. The molecule has 1 aliphatic rings. The number of hydrogen-bond acceptors (Lipinski definition) is 3. The van der Waals surface area contributed by atoms with Crippen molar-refractivity contribution in [1.29, 1.82) is 0 Å². The molecule has 1 saturated heterocycles. The molecule has 0 spiro atoms. The van der Waals surface area contributed by atoms with Crippen LogP contribution in [0.4, 0.5) is 0 Å². The number of carbonyl (C=O) groups is 1. The van der Waals surface area contributed by atoms with Gasteiger partial charge < -0.3 is 10.6 Å². The lowest BCUT2D eigenvalue weighted by Crippen LogP contribution is -2.30. The van der Waals surface area contributed by atoms with Gasteiger partial charge in [0, 0.05) is 30.3 Å². The zero-order chi connectivity index (χ0) is 11.7. The summed E-state index contributed by atoms with van der Waals surface area (Å²) in [5, 5.41) is 9.79. The van der Waals surface area contributed by atoms with E-state index in [9.17, 15) is 4.79 Å². The zero-order valence-corrected chi connectivity index (χ0v) is 10.2. The van der Waals surface area contributed by atoms with Gasteiger partial charge in [-0.2, -0.15) is 0 Å². The highest BCUT2D eigenvalue weighted by atomic mass is 32.1. The summed E-state index contributed by atoms with van der Waals surface area (Å²) in [5.74, 6) is 0.151. The van der Waals surface area contributed by atoms with Gasteiger partial charge in [-0.05, 0) is 22.4 Å². The number of amides is 1. The summed E-state index contributed by atoms with van der Waals surface area (Å²) < 4.78 is 1.32. The molecule has 1 aromatic carbocycles. The molecule has 2 aromatic rings. The molecule has 1 aliphatic heterocycles. The van der Waals surface area contributed by atoms with Gasteiger partial charge in [-0.15, -0.1) is 11.3 Å². The number of benzene rings is 1. The van der Waals surface area contributed by atoms with Gasteiger partial charge in [0.05, 0.1) is 0 Å². The molecular formula is C13H14N2OS. The molecule has 4 heteroatoms. The predicted octanol–water partition coefficient (Wildman–Crippen LogP) is 1.88. The number of fused-ring (bicyclic) bond motifs is 1. The summed E-state index contributed by atoms with van der Waals surface area (Å²) >= 11 is 1.77. The molecule has 0 saturated carbocycles. The van der Waals surface area contributed by atoms with Gasteiger partial charge in [0.15, 0.2) is 0 Å². The highest BCUT2D eigenvalue weighted by molar-refractivity contribution is 7.17. The average molecular weight is 246 g/mol. The first-order valence-corrected chi connectivity index (χ1v) is 6.66. The molecule has 1 atom stereocenters. The standard InChI is InChI=1S/C13H14N2OS/c16-13-5-10(7-15-13)14-6-9-8-17-12-4-2-1-3-11(9)12/h1-4,8,10,14H,5-7H2,(H,15,16). The maximum atomic E-state index is 11.1. The minimum atomic E-state index is 0.151. The van der Waals surface area contributed by atoms with Crippen molar-refractivity contribution in [3.63, 3.8) is 0 Å². The van der Waals surface area contributed by atoms with Crippen LogP contribution in [0.2, 0.25) is 0 Å². The Morgan fingerprint density at radius 3 is 3.12 bits per heavy atom. The van der Waals surface area contributed by atoms with E-state index in [1.54, 1.807) is 11.3 Å². The van der Waals surface area contributed by atoms with E-state index in [2.05, 4.69) is 40.3 Å². The van der Waals surface area contributed by atoms with Crippen LogP contribution in [0.1, 0.15) is 12.0 Å². The Morgan fingerprint density at radius 2 is 2.29 bits per heavy atom. The molecule has 0 bridgehead atoms. The first kappa shape index (κ1) is 10.7. The van der Waals surface area contributed by atoms with Gasteiger partial charge in [-0.1, -0.05) is 18.2 Å². The molecule has 2 N–H and O–H groups in total. The SMILES string of the molecule is O=C1CC(NCc2csc3ccccc23)CN1. The summed E-state index contributed by atoms with van der Waals surface area (Å²) in [5.41, 5.74) is 1.32. The predicted molar refractivity (Wildman–Crippen MR) is 70.1 cm³/mol. The van der Waals surface area contributed by atoms with E-state index in [4.69, 9.17) is 0 Å². The van der Waals surface area contributed by atoms with Crippen LogP contribution >= 0.6 is 11.3 Å². The van der Waals surface area contributed by atoms with Gasteiger partial charge >= 0.3 is 0 Å². The molecule has 17 heavy (non-hydrogen) atoms. The van der Waals surface area contributed by atoms with Crippen molar-refractivity contribution in [3.8, 4) is 0 Å². The number of rotatable bonds is 3. The lowest BCUT2D eigenvalue weighted by molar-refractivity contribution is -0.119. The number of thiophene rings is 1. The fourth-order valence-electron chi connectivity index (χ4n) is 2.17. The molecule has 1 fully saturated rings. The highest BCUT2D eigenvalue weighted by Gasteiger charge is 2.20. The molecule has 3 rings (SSSR count). The second-order valence-electron chi connectivity index (χ2n) is 4.34. The smallest absolute Gasteiger partial charge is 0.221 e. The lowest BCUT2D eigenvalue weighted by Gasteiger charge is -2.09. The van der Waals surface area contributed by atoms with Crippen LogP contribution in [0.25, 0.3) is 10.1 Å². The van der Waals surface area contributed by atoms with Crippen molar-refractivity contribution in [2.75, 3.05) is 6.54 Å². The molecule has 1 amide bonds. The van der Waals surface area contributed by atoms with Crippen molar-refractivity contribution in [2.24, 2.45) is 0 Å². The Morgan fingerprint density at radius 1 is 1.41 bits per heavy atom. The van der Waals surface area contributed by atoms with Gasteiger partial charge in [0.2, 0.25) is 5.91 Å². The van der Waals surface area contributed by atoms with Crippen molar-refractivity contribution in [1.82, 2.24) is 10.6 Å². The quantitative estimate of drug-likeness (QED) is 0.868. The average Bonchev–Trinajstić information content (AvgIpc) is 2.93. The Balaban J connectivity index is 1.71. The van der Waals surface area contributed by atoms with E-state index < -0.39 is 0 Å². The van der Waals surface area contributed by atoms with Crippen LogP contribution in [0.15, 0.2) is 29.6 Å². The third kappa shape index (κ3) is 2.18. The summed E-state index contributed by atoms with van der Waals surface area (Å²) in [4.78, 5) is 11.1. The van der Waals surface area contributed by atoms with E-state index in [1.807, 2.05) is 0 Å². The Hall–Kier alpha value is -1.39. The van der Waals surface area contributed by atoms with Gasteiger partial charge in [0.25, 0.3) is 0 Å². The third-order valence-electron chi connectivity index (χ3n) is 3.12. The van der Waals surface area contributed by atoms with E-state index >= 15 is 0 Å². The van der Waals surface area contributed by atoms with E-state index in [0.29, 0.717) is 6.42 Å². The molecular weight excluding hydrogens is 232 g/mol. The maximum absolute atomic E-state index is 11.1. The van der Waals surface area contributed by atoms with Crippen LogP contribution in [-0.2, 0) is 11.3 Å². The number of nitrogens with one attached hydrogen (secondary N) is 2. The molecule has 1 unspecified atom stereocenters. The van der Waals surface area contributed by atoms with Crippen LogP contribution in [-0.4, -0.2) is 18.5 Å². The van der Waals surface area contributed by atoms with E-state index in [-0.39, 0.29) is 11.9 Å². The molecule has 2 heterocycles. The van der Waals surface area contributed by atoms with Gasteiger partial charge in [-0.3, -0.25) is 4.79 Å². The fourth-order valence-corrected chi connectivity index (χ4v) is 3.14. The number of hydrogen-bond donors (Lipinski definition) is 2. The second-order valence-corrected chi connectivity index (χ2v) is 5.25.